The number of carbonyl (C=O) groups is 1. The van der Waals surface area contributed by atoms with Gasteiger partial charge in [-0.15, -0.1) is 10.2 Å². The lowest BCUT2D eigenvalue weighted by Gasteiger charge is -2.32. The van der Waals surface area contributed by atoms with Gasteiger partial charge in [0.05, 0.1) is 18.8 Å². The standard InChI is InChI=1S/C18H22N4O4S/c1-12-19-20-17-11-22(16(18(23)24)10-21(12)17)27(25,26)7-6-13-8-14-4-2-3-5-15(14)9-13/h2-5,13,16H,6-11H2,1H3,(H,23,24). The van der Waals surface area contributed by atoms with E-state index in [1.165, 1.54) is 11.1 Å². The van der Waals surface area contributed by atoms with Gasteiger partial charge >= 0.3 is 5.97 Å². The molecule has 9 heteroatoms. The minimum Gasteiger partial charge on any atom is -0.480 e. The number of aryl methyl sites for hydroxylation is 1. The van der Waals surface area contributed by atoms with E-state index in [-0.39, 0.29) is 24.8 Å². The van der Waals surface area contributed by atoms with Gasteiger partial charge in [0.2, 0.25) is 10.0 Å². The predicted octanol–water partition coefficient (Wildman–Crippen LogP) is 0.990. The Bertz CT molecular complexity index is 960. The molecule has 2 aliphatic rings. The summed E-state index contributed by atoms with van der Waals surface area (Å²) < 4.78 is 28.7. The van der Waals surface area contributed by atoms with Crippen LogP contribution < -0.4 is 0 Å². The van der Waals surface area contributed by atoms with Crippen LogP contribution in [0.15, 0.2) is 24.3 Å². The van der Waals surface area contributed by atoms with Crippen molar-refractivity contribution < 1.29 is 18.3 Å². The molecule has 2 heterocycles. The van der Waals surface area contributed by atoms with Gasteiger partial charge in [-0.05, 0) is 43.2 Å². The van der Waals surface area contributed by atoms with E-state index in [0.29, 0.717) is 18.1 Å². The summed E-state index contributed by atoms with van der Waals surface area (Å²) in [7, 11) is -3.71. The topological polar surface area (TPSA) is 105 Å². The fourth-order valence-corrected chi connectivity index (χ4v) is 5.80. The number of rotatable bonds is 5. The van der Waals surface area contributed by atoms with Crippen LogP contribution in [0, 0.1) is 12.8 Å². The van der Waals surface area contributed by atoms with Crippen LogP contribution in [-0.2, 0) is 40.7 Å². The molecule has 0 radical (unpaired) electrons. The van der Waals surface area contributed by atoms with Crippen LogP contribution in [0.25, 0.3) is 0 Å². The summed E-state index contributed by atoms with van der Waals surface area (Å²) in [6, 6.07) is 7.05. The lowest BCUT2D eigenvalue weighted by Crippen LogP contribution is -2.51. The van der Waals surface area contributed by atoms with E-state index in [1.807, 2.05) is 12.1 Å². The first-order chi connectivity index (χ1) is 12.8. The molecule has 0 saturated heterocycles. The highest BCUT2D eigenvalue weighted by atomic mass is 32.2. The van der Waals surface area contributed by atoms with Crippen LogP contribution in [0.5, 0.6) is 0 Å². The zero-order valence-electron chi connectivity index (χ0n) is 15.1. The molecule has 1 aliphatic heterocycles. The number of nitrogens with zero attached hydrogens (tertiary/aromatic N) is 4. The molecule has 1 aromatic carbocycles. The first-order valence-electron chi connectivity index (χ1n) is 9.03. The van der Waals surface area contributed by atoms with E-state index >= 15 is 0 Å². The monoisotopic (exact) mass is 390 g/mol. The summed E-state index contributed by atoms with van der Waals surface area (Å²) in [5.41, 5.74) is 2.56. The van der Waals surface area contributed by atoms with Crippen molar-refractivity contribution in [1.82, 2.24) is 19.1 Å². The third-order valence-corrected chi connectivity index (χ3v) is 7.42. The maximum absolute atomic E-state index is 13.0. The average Bonchev–Trinajstić information content (AvgIpc) is 3.22. The first-order valence-corrected chi connectivity index (χ1v) is 10.6. The van der Waals surface area contributed by atoms with Crippen molar-refractivity contribution in [3.63, 3.8) is 0 Å². The van der Waals surface area contributed by atoms with Crippen molar-refractivity contribution in [3.8, 4) is 0 Å². The second kappa shape index (κ2) is 6.72. The number of fused-ring (bicyclic) bond motifs is 2. The first kappa shape index (κ1) is 18.1. The van der Waals surface area contributed by atoms with Crippen molar-refractivity contribution in [2.24, 2.45) is 5.92 Å². The van der Waals surface area contributed by atoms with Gasteiger partial charge in [-0.25, -0.2) is 8.42 Å². The van der Waals surface area contributed by atoms with Gasteiger partial charge in [0.15, 0.2) is 0 Å². The second-order valence-electron chi connectivity index (χ2n) is 7.32. The Kier molecular flexibility index (Phi) is 4.51. The Balaban J connectivity index is 1.48. The van der Waals surface area contributed by atoms with Gasteiger partial charge in [-0.3, -0.25) is 4.79 Å². The number of carboxylic acid groups (broad SMARTS) is 1. The van der Waals surface area contributed by atoms with Crippen LogP contribution in [0.3, 0.4) is 0 Å². The average molecular weight is 390 g/mol. The molecule has 1 aliphatic carbocycles. The molecule has 4 rings (SSSR count). The van der Waals surface area contributed by atoms with Gasteiger partial charge < -0.3 is 9.67 Å². The smallest absolute Gasteiger partial charge is 0.323 e. The number of carboxylic acids is 1. The fourth-order valence-electron chi connectivity index (χ4n) is 4.07. The molecule has 144 valence electrons. The highest BCUT2D eigenvalue weighted by Crippen LogP contribution is 2.30. The van der Waals surface area contributed by atoms with Crippen LogP contribution in [0.4, 0.5) is 0 Å². The van der Waals surface area contributed by atoms with E-state index in [0.717, 1.165) is 17.1 Å². The van der Waals surface area contributed by atoms with Crippen molar-refractivity contribution in [3.05, 3.63) is 47.0 Å². The molecule has 8 nitrogen and oxygen atoms in total. The maximum atomic E-state index is 13.0. The van der Waals surface area contributed by atoms with Gasteiger partial charge in [0.1, 0.15) is 17.7 Å². The Morgan fingerprint density at radius 2 is 1.89 bits per heavy atom. The maximum Gasteiger partial charge on any atom is 0.323 e. The normalized spacial score (nSPS) is 20.4. The predicted molar refractivity (Wildman–Crippen MR) is 97.5 cm³/mol. The lowest BCUT2D eigenvalue weighted by atomic mass is 10.0. The summed E-state index contributed by atoms with van der Waals surface area (Å²) in [5, 5.41) is 17.5. The zero-order chi connectivity index (χ0) is 19.2. The summed E-state index contributed by atoms with van der Waals surface area (Å²) >= 11 is 0. The molecule has 0 spiro atoms. The molecular weight excluding hydrogens is 368 g/mol. The van der Waals surface area contributed by atoms with Crippen LogP contribution in [0.2, 0.25) is 0 Å². The third kappa shape index (κ3) is 3.37. The molecule has 27 heavy (non-hydrogen) atoms. The Morgan fingerprint density at radius 3 is 2.52 bits per heavy atom. The third-order valence-electron chi connectivity index (χ3n) is 5.57. The second-order valence-corrected chi connectivity index (χ2v) is 9.36. The molecule has 2 aromatic rings. The largest absolute Gasteiger partial charge is 0.480 e. The number of sulfonamides is 1. The number of aromatic nitrogens is 3. The van der Waals surface area contributed by atoms with Crippen molar-refractivity contribution in [2.45, 2.75) is 45.3 Å². The van der Waals surface area contributed by atoms with Gasteiger partial charge in [-0.2, -0.15) is 4.31 Å². The summed E-state index contributed by atoms with van der Waals surface area (Å²) in [5.74, 6) is 0.156. The highest BCUT2D eigenvalue weighted by Gasteiger charge is 2.40. The van der Waals surface area contributed by atoms with E-state index in [1.54, 1.807) is 11.5 Å². The summed E-state index contributed by atoms with van der Waals surface area (Å²) in [6.07, 6.45) is 2.27. The van der Waals surface area contributed by atoms with Crippen molar-refractivity contribution >= 4 is 16.0 Å². The van der Waals surface area contributed by atoms with Crippen LogP contribution in [-0.4, -0.2) is 50.4 Å². The van der Waals surface area contributed by atoms with Crippen molar-refractivity contribution in [1.29, 1.82) is 0 Å². The summed E-state index contributed by atoms with van der Waals surface area (Å²) in [6.45, 7) is 1.72. The zero-order valence-corrected chi connectivity index (χ0v) is 15.9. The number of aliphatic carboxylic acids is 1. The molecule has 1 aromatic heterocycles. The molecular formula is C18H22N4O4S. The molecule has 0 amide bonds. The SMILES string of the molecule is Cc1nnc2n1CC(C(=O)O)N(S(=O)(=O)CCC1Cc3ccccc3C1)C2. The van der Waals surface area contributed by atoms with Crippen molar-refractivity contribution in [2.75, 3.05) is 5.75 Å². The molecule has 0 saturated carbocycles. The van der Waals surface area contributed by atoms with E-state index < -0.39 is 22.0 Å². The fraction of sp³-hybridized carbons (Fsp3) is 0.500. The Morgan fingerprint density at radius 1 is 1.22 bits per heavy atom. The van der Waals surface area contributed by atoms with Gasteiger partial charge in [0, 0.05) is 0 Å². The van der Waals surface area contributed by atoms with Gasteiger partial charge in [0.25, 0.3) is 0 Å². The minimum atomic E-state index is -3.71. The van der Waals surface area contributed by atoms with Crippen LogP contribution >= 0.6 is 0 Å². The van der Waals surface area contributed by atoms with Gasteiger partial charge in [-0.1, -0.05) is 24.3 Å². The lowest BCUT2D eigenvalue weighted by molar-refractivity contribution is -0.142. The highest BCUT2D eigenvalue weighted by molar-refractivity contribution is 7.89. The molecule has 0 bridgehead atoms. The molecule has 1 atom stereocenters. The quantitative estimate of drug-likeness (QED) is 0.816. The molecule has 1 unspecified atom stereocenters. The van der Waals surface area contributed by atoms with E-state index in [4.69, 9.17) is 0 Å². The Hall–Kier alpha value is -2.26. The number of hydrogen-bond donors (Lipinski definition) is 1. The summed E-state index contributed by atoms with van der Waals surface area (Å²) in [4.78, 5) is 11.7. The number of hydrogen-bond acceptors (Lipinski definition) is 5. The number of benzene rings is 1. The van der Waals surface area contributed by atoms with E-state index in [2.05, 4.69) is 22.3 Å². The molecule has 0 fully saturated rings. The minimum absolute atomic E-state index is 0.0393. The Labute approximate surface area is 157 Å². The van der Waals surface area contributed by atoms with E-state index in [9.17, 15) is 18.3 Å². The molecule has 1 N–H and O–H groups in total. The van der Waals surface area contributed by atoms with Crippen LogP contribution in [0.1, 0.15) is 29.2 Å².